The maximum atomic E-state index is 13.0. The van der Waals surface area contributed by atoms with Crippen LogP contribution < -0.4 is 5.43 Å². The summed E-state index contributed by atoms with van der Waals surface area (Å²) in [6.45, 7) is -0.580. The average Bonchev–Trinajstić information content (AvgIpc) is 3.23. The van der Waals surface area contributed by atoms with Gasteiger partial charge in [-0.2, -0.15) is 9.41 Å². The molecule has 0 bridgehead atoms. The Balaban J connectivity index is 1.76. The molecular formula is C20H17Cl2N3O4S. The Morgan fingerprint density at radius 3 is 2.37 bits per heavy atom. The van der Waals surface area contributed by atoms with E-state index in [1.54, 1.807) is 48.5 Å². The fourth-order valence-corrected chi connectivity index (χ4v) is 4.42. The Bertz CT molecular complexity index is 1110. The van der Waals surface area contributed by atoms with Crippen LogP contribution in [0, 0.1) is 0 Å². The van der Waals surface area contributed by atoms with Crippen molar-refractivity contribution in [3.8, 4) is 0 Å². The summed E-state index contributed by atoms with van der Waals surface area (Å²) in [7, 11) is -3.94. The van der Waals surface area contributed by atoms with Gasteiger partial charge in [-0.1, -0.05) is 47.5 Å². The molecule has 3 aromatic rings. The molecule has 1 N–H and O–H groups in total. The van der Waals surface area contributed by atoms with Crippen molar-refractivity contribution >= 4 is 45.3 Å². The lowest BCUT2D eigenvalue weighted by atomic mass is 10.2. The fraction of sp³-hybridized carbons (Fsp3) is 0.100. The van der Waals surface area contributed by atoms with Crippen LogP contribution in [0.5, 0.6) is 0 Å². The van der Waals surface area contributed by atoms with Crippen LogP contribution in [0.2, 0.25) is 10.0 Å². The van der Waals surface area contributed by atoms with Gasteiger partial charge in [0.2, 0.25) is 10.0 Å². The van der Waals surface area contributed by atoms with Crippen molar-refractivity contribution in [2.24, 2.45) is 5.10 Å². The molecule has 1 aromatic heterocycles. The van der Waals surface area contributed by atoms with Gasteiger partial charge in [-0.15, -0.1) is 0 Å². The molecule has 0 saturated carbocycles. The van der Waals surface area contributed by atoms with Crippen molar-refractivity contribution in [3.05, 3.63) is 88.3 Å². The number of sulfonamides is 1. The average molecular weight is 466 g/mol. The minimum absolute atomic E-state index is 0.0655. The number of hydrazone groups is 1. The van der Waals surface area contributed by atoms with Crippen molar-refractivity contribution in [2.75, 3.05) is 6.54 Å². The second kappa shape index (κ2) is 9.90. The fourth-order valence-electron chi connectivity index (χ4n) is 2.54. The van der Waals surface area contributed by atoms with E-state index in [1.807, 2.05) is 0 Å². The topological polar surface area (TPSA) is 92.0 Å². The van der Waals surface area contributed by atoms with Gasteiger partial charge in [0.1, 0.15) is 5.76 Å². The number of benzene rings is 2. The van der Waals surface area contributed by atoms with Crippen LogP contribution in [-0.4, -0.2) is 31.4 Å². The summed E-state index contributed by atoms with van der Waals surface area (Å²) >= 11 is 12.1. The molecule has 0 unspecified atom stereocenters. The van der Waals surface area contributed by atoms with Crippen molar-refractivity contribution in [1.82, 2.24) is 9.73 Å². The van der Waals surface area contributed by atoms with Crippen molar-refractivity contribution in [1.29, 1.82) is 0 Å². The van der Waals surface area contributed by atoms with Gasteiger partial charge in [0, 0.05) is 5.56 Å². The van der Waals surface area contributed by atoms with E-state index < -0.39 is 22.5 Å². The Kier molecular flexibility index (Phi) is 7.28. The zero-order valence-corrected chi connectivity index (χ0v) is 17.9. The molecule has 0 saturated heterocycles. The van der Waals surface area contributed by atoms with Crippen LogP contribution >= 0.6 is 23.2 Å². The third-order valence-corrected chi connectivity index (χ3v) is 6.46. The van der Waals surface area contributed by atoms with E-state index in [2.05, 4.69) is 10.5 Å². The number of hydrogen-bond acceptors (Lipinski definition) is 5. The Morgan fingerprint density at radius 1 is 1.03 bits per heavy atom. The molecule has 0 aliphatic carbocycles. The number of hydrogen-bond donors (Lipinski definition) is 1. The Hall–Kier alpha value is -2.65. The predicted molar refractivity (Wildman–Crippen MR) is 115 cm³/mol. The first-order valence-corrected chi connectivity index (χ1v) is 10.9. The van der Waals surface area contributed by atoms with Gasteiger partial charge in [0.25, 0.3) is 5.91 Å². The molecule has 0 spiro atoms. The molecule has 0 aliphatic rings. The van der Waals surface area contributed by atoms with E-state index in [0.29, 0.717) is 21.4 Å². The molecule has 0 atom stereocenters. The van der Waals surface area contributed by atoms with Crippen LogP contribution in [-0.2, 0) is 21.4 Å². The summed E-state index contributed by atoms with van der Waals surface area (Å²) in [5, 5.41) is 4.56. The largest absolute Gasteiger partial charge is 0.468 e. The molecule has 1 heterocycles. The Morgan fingerprint density at radius 2 is 1.73 bits per heavy atom. The van der Waals surface area contributed by atoms with E-state index in [4.69, 9.17) is 27.6 Å². The van der Waals surface area contributed by atoms with Crippen LogP contribution in [0.1, 0.15) is 11.3 Å². The van der Waals surface area contributed by atoms with Gasteiger partial charge < -0.3 is 4.42 Å². The summed E-state index contributed by atoms with van der Waals surface area (Å²) in [4.78, 5) is 12.5. The van der Waals surface area contributed by atoms with Crippen LogP contribution in [0.15, 0.2) is 81.3 Å². The summed E-state index contributed by atoms with van der Waals surface area (Å²) in [5.74, 6) is -0.242. The van der Waals surface area contributed by atoms with Crippen LogP contribution in [0.4, 0.5) is 0 Å². The third-order valence-electron chi connectivity index (χ3n) is 4.00. The van der Waals surface area contributed by atoms with Crippen molar-refractivity contribution in [3.63, 3.8) is 0 Å². The summed E-state index contributed by atoms with van der Waals surface area (Å²) in [6.07, 6.45) is 2.73. The third kappa shape index (κ3) is 5.48. The smallest absolute Gasteiger partial charge is 0.255 e. The SMILES string of the molecule is O=C(CN(Cc1ccco1)S(=O)(=O)c1ccccc1)N/N=C/c1c(Cl)cccc1Cl. The lowest BCUT2D eigenvalue weighted by molar-refractivity contribution is -0.121. The number of nitrogens with one attached hydrogen (secondary N) is 1. The van der Waals surface area contributed by atoms with E-state index in [1.165, 1.54) is 24.6 Å². The number of rotatable bonds is 8. The van der Waals surface area contributed by atoms with E-state index in [0.717, 1.165) is 4.31 Å². The molecule has 30 heavy (non-hydrogen) atoms. The first kappa shape index (κ1) is 22.0. The normalized spacial score (nSPS) is 11.8. The predicted octanol–water partition coefficient (Wildman–Crippen LogP) is 3.93. The summed E-state index contributed by atoms with van der Waals surface area (Å²) in [6, 6.07) is 16.1. The summed E-state index contributed by atoms with van der Waals surface area (Å²) in [5.41, 5.74) is 2.73. The zero-order valence-electron chi connectivity index (χ0n) is 15.5. The van der Waals surface area contributed by atoms with Gasteiger partial charge in [-0.3, -0.25) is 4.79 Å². The lowest BCUT2D eigenvalue weighted by Crippen LogP contribution is -2.39. The molecular weight excluding hydrogens is 449 g/mol. The molecule has 0 aliphatic heterocycles. The monoisotopic (exact) mass is 465 g/mol. The maximum absolute atomic E-state index is 13.0. The highest BCUT2D eigenvalue weighted by molar-refractivity contribution is 7.89. The molecule has 2 aromatic carbocycles. The minimum atomic E-state index is -3.94. The summed E-state index contributed by atoms with van der Waals surface area (Å²) < 4.78 is 32.3. The lowest BCUT2D eigenvalue weighted by Gasteiger charge is -2.20. The quantitative estimate of drug-likeness (QED) is 0.402. The first-order valence-electron chi connectivity index (χ1n) is 8.71. The number of carbonyl (C=O) groups excluding carboxylic acids is 1. The molecule has 156 valence electrons. The van der Waals surface area contributed by atoms with Gasteiger partial charge >= 0.3 is 0 Å². The number of carbonyl (C=O) groups is 1. The van der Waals surface area contributed by atoms with Crippen molar-refractivity contribution < 1.29 is 17.6 Å². The van der Waals surface area contributed by atoms with Crippen molar-refractivity contribution in [2.45, 2.75) is 11.4 Å². The molecule has 3 rings (SSSR count). The van der Waals surface area contributed by atoms with Gasteiger partial charge in [0.15, 0.2) is 0 Å². The first-order chi connectivity index (χ1) is 14.4. The van der Waals surface area contributed by atoms with Crippen LogP contribution in [0.25, 0.3) is 0 Å². The number of halogens is 2. The van der Waals surface area contributed by atoms with Crippen LogP contribution in [0.3, 0.4) is 0 Å². The van der Waals surface area contributed by atoms with Gasteiger partial charge in [0.05, 0.1) is 40.5 Å². The molecule has 10 heteroatoms. The second-order valence-electron chi connectivity index (χ2n) is 6.09. The van der Waals surface area contributed by atoms with E-state index in [-0.39, 0.29) is 11.4 Å². The highest BCUT2D eigenvalue weighted by atomic mass is 35.5. The molecule has 0 radical (unpaired) electrons. The second-order valence-corrected chi connectivity index (χ2v) is 8.85. The highest BCUT2D eigenvalue weighted by Gasteiger charge is 2.27. The number of furan rings is 1. The maximum Gasteiger partial charge on any atom is 0.255 e. The number of amides is 1. The minimum Gasteiger partial charge on any atom is -0.468 e. The molecule has 1 amide bonds. The van der Waals surface area contributed by atoms with E-state index in [9.17, 15) is 13.2 Å². The Labute approximate surface area is 184 Å². The zero-order chi connectivity index (χ0) is 21.6. The number of nitrogens with zero attached hydrogens (tertiary/aromatic N) is 2. The highest BCUT2D eigenvalue weighted by Crippen LogP contribution is 2.22. The molecule has 7 nitrogen and oxygen atoms in total. The molecule has 0 fully saturated rings. The van der Waals surface area contributed by atoms with Gasteiger partial charge in [-0.05, 0) is 36.4 Å². The van der Waals surface area contributed by atoms with E-state index >= 15 is 0 Å². The standard InChI is InChI=1S/C20H17Cl2N3O4S/c21-18-9-4-10-19(22)17(18)12-23-24-20(26)14-25(13-15-6-5-11-29-15)30(27,28)16-7-2-1-3-8-16/h1-12H,13-14H2,(H,24,26)/b23-12+. The van der Waals surface area contributed by atoms with Gasteiger partial charge in [-0.25, -0.2) is 13.8 Å².